The van der Waals surface area contributed by atoms with Crippen molar-refractivity contribution in [3.63, 3.8) is 0 Å². The fraction of sp³-hybridized carbons (Fsp3) is 0.400. The van der Waals surface area contributed by atoms with Gasteiger partial charge in [0.05, 0.1) is 18.8 Å². The average Bonchev–Trinajstić information content (AvgIpc) is 2.25. The number of halogens is 3. The average molecular weight is 252 g/mol. The van der Waals surface area contributed by atoms with Crippen LogP contribution in [-0.2, 0) is 12.8 Å². The van der Waals surface area contributed by atoms with Gasteiger partial charge in [-0.15, -0.1) is 11.8 Å². The number of rotatable bonds is 4. The highest BCUT2D eigenvalue weighted by Crippen LogP contribution is 2.37. The molecule has 0 saturated carbocycles. The molecule has 1 rings (SSSR count). The van der Waals surface area contributed by atoms with Gasteiger partial charge in [0.15, 0.2) is 0 Å². The smallest absolute Gasteiger partial charge is 0.396 e. The highest BCUT2D eigenvalue weighted by atomic mass is 32.2. The minimum atomic E-state index is -4.44. The van der Waals surface area contributed by atoms with Gasteiger partial charge in [-0.05, 0) is 17.7 Å². The van der Waals surface area contributed by atoms with Gasteiger partial charge in [0.2, 0.25) is 0 Å². The maximum atomic E-state index is 12.6. The van der Waals surface area contributed by atoms with E-state index in [9.17, 15) is 13.2 Å². The van der Waals surface area contributed by atoms with Crippen molar-refractivity contribution in [3.05, 3.63) is 29.3 Å². The van der Waals surface area contributed by atoms with Gasteiger partial charge in [0.25, 0.3) is 0 Å². The van der Waals surface area contributed by atoms with Gasteiger partial charge in [0, 0.05) is 10.6 Å². The Morgan fingerprint density at radius 1 is 1.19 bits per heavy atom. The van der Waals surface area contributed by atoms with Crippen LogP contribution in [-0.4, -0.2) is 22.6 Å². The van der Waals surface area contributed by atoms with E-state index in [0.717, 1.165) is 17.8 Å². The van der Waals surface area contributed by atoms with Gasteiger partial charge >= 0.3 is 6.18 Å². The third kappa shape index (κ3) is 3.40. The Kier molecular flexibility index (Phi) is 4.64. The van der Waals surface area contributed by atoms with Crippen molar-refractivity contribution in [2.24, 2.45) is 0 Å². The molecule has 0 aliphatic carbocycles. The molecule has 0 aliphatic rings. The van der Waals surface area contributed by atoms with E-state index in [1.54, 1.807) is 0 Å². The lowest BCUT2D eigenvalue weighted by Gasteiger charge is -2.13. The predicted molar refractivity (Wildman–Crippen MR) is 55.2 cm³/mol. The number of aliphatic hydroxyl groups excluding tert-OH is 2. The second-order valence-electron chi connectivity index (χ2n) is 3.06. The molecule has 0 aromatic heterocycles. The van der Waals surface area contributed by atoms with Crippen LogP contribution < -0.4 is 0 Å². The molecule has 2 nitrogen and oxygen atoms in total. The lowest BCUT2D eigenvalue weighted by Crippen LogP contribution is -2.08. The van der Waals surface area contributed by atoms with E-state index < -0.39 is 18.3 Å². The van der Waals surface area contributed by atoms with Crippen molar-refractivity contribution in [2.45, 2.75) is 17.7 Å². The fourth-order valence-corrected chi connectivity index (χ4v) is 1.98. The topological polar surface area (TPSA) is 40.5 Å². The molecule has 0 unspecified atom stereocenters. The quantitative estimate of drug-likeness (QED) is 0.808. The Morgan fingerprint density at radius 2 is 1.88 bits per heavy atom. The Balaban J connectivity index is 3.06. The van der Waals surface area contributed by atoms with E-state index in [0.29, 0.717) is 0 Å². The number of benzene rings is 1. The zero-order valence-corrected chi connectivity index (χ0v) is 9.11. The zero-order chi connectivity index (χ0) is 12.2. The Bertz CT molecular complexity index is 352. The molecule has 2 N–H and O–H groups in total. The molecule has 0 heterocycles. The third-order valence-corrected chi connectivity index (χ3v) is 2.93. The molecule has 16 heavy (non-hydrogen) atoms. The van der Waals surface area contributed by atoms with Crippen LogP contribution in [0, 0.1) is 0 Å². The highest BCUT2D eigenvalue weighted by Gasteiger charge is 2.33. The van der Waals surface area contributed by atoms with Crippen LogP contribution in [0.2, 0.25) is 0 Å². The summed E-state index contributed by atoms with van der Waals surface area (Å²) in [6.45, 7) is -0.599. The first-order valence-corrected chi connectivity index (χ1v) is 5.52. The van der Waals surface area contributed by atoms with Crippen molar-refractivity contribution in [3.8, 4) is 0 Å². The third-order valence-electron chi connectivity index (χ3n) is 1.88. The summed E-state index contributed by atoms with van der Waals surface area (Å²) in [5, 5.41) is 17.4. The summed E-state index contributed by atoms with van der Waals surface area (Å²) in [6.07, 6.45) is -4.44. The van der Waals surface area contributed by atoms with E-state index >= 15 is 0 Å². The summed E-state index contributed by atoms with van der Waals surface area (Å²) in [5.41, 5.74) is -0.543. The first-order valence-electron chi connectivity index (χ1n) is 4.53. The molecule has 0 amide bonds. The van der Waals surface area contributed by atoms with Crippen molar-refractivity contribution >= 4 is 11.8 Å². The standard InChI is InChI=1S/C10H11F3O2S/c11-10(12,13)8-5-7(6-15)1-2-9(8)16-4-3-14/h1-2,5,14-15H,3-4,6H2. The van der Waals surface area contributed by atoms with E-state index in [4.69, 9.17) is 10.2 Å². The number of aliphatic hydroxyl groups is 2. The summed E-state index contributed by atoms with van der Waals surface area (Å²) in [5.74, 6) is 0.210. The van der Waals surface area contributed by atoms with Crippen molar-refractivity contribution in [1.82, 2.24) is 0 Å². The molecule has 1 aromatic carbocycles. The molecule has 0 aliphatic heterocycles. The van der Waals surface area contributed by atoms with Gasteiger partial charge in [-0.1, -0.05) is 6.07 Å². The molecule has 0 saturated heterocycles. The van der Waals surface area contributed by atoms with Crippen molar-refractivity contribution in [2.75, 3.05) is 12.4 Å². The maximum absolute atomic E-state index is 12.6. The normalized spacial score (nSPS) is 11.8. The number of hydrogen-bond donors (Lipinski definition) is 2. The molecule has 0 fully saturated rings. The number of thioether (sulfide) groups is 1. The summed E-state index contributed by atoms with van der Waals surface area (Å²) in [7, 11) is 0. The van der Waals surface area contributed by atoms with E-state index in [2.05, 4.69) is 0 Å². The molecule has 0 radical (unpaired) electrons. The van der Waals surface area contributed by atoms with Crippen LogP contribution in [0.15, 0.2) is 23.1 Å². The summed E-state index contributed by atoms with van der Waals surface area (Å²) < 4.78 is 37.9. The van der Waals surface area contributed by atoms with Gasteiger partial charge in [-0.3, -0.25) is 0 Å². The summed E-state index contributed by atoms with van der Waals surface area (Å²) >= 11 is 0.941. The lowest BCUT2D eigenvalue weighted by molar-refractivity contribution is -0.139. The van der Waals surface area contributed by atoms with Crippen LogP contribution >= 0.6 is 11.8 Å². The van der Waals surface area contributed by atoms with E-state index in [-0.39, 0.29) is 22.8 Å². The van der Waals surface area contributed by atoms with Gasteiger partial charge in [-0.2, -0.15) is 13.2 Å². The number of hydrogen-bond acceptors (Lipinski definition) is 3. The Morgan fingerprint density at radius 3 is 2.38 bits per heavy atom. The molecular formula is C10H11F3O2S. The lowest BCUT2D eigenvalue weighted by atomic mass is 10.1. The van der Waals surface area contributed by atoms with Gasteiger partial charge in [0.1, 0.15) is 0 Å². The van der Waals surface area contributed by atoms with Crippen LogP contribution in [0.5, 0.6) is 0 Å². The van der Waals surface area contributed by atoms with Crippen LogP contribution in [0.3, 0.4) is 0 Å². The second kappa shape index (κ2) is 5.56. The maximum Gasteiger partial charge on any atom is 0.417 e. The number of alkyl halides is 3. The highest BCUT2D eigenvalue weighted by molar-refractivity contribution is 7.99. The first-order chi connectivity index (χ1) is 7.49. The molecule has 1 aromatic rings. The Labute approximate surface area is 95.1 Å². The van der Waals surface area contributed by atoms with Crippen LogP contribution in [0.25, 0.3) is 0 Å². The SMILES string of the molecule is OCCSc1ccc(CO)cc1C(F)(F)F. The summed E-state index contributed by atoms with van der Waals surface area (Å²) in [6, 6.07) is 3.68. The first kappa shape index (κ1) is 13.3. The monoisotopic (exact) mass is 252 g/mol. The largest absolute Gasteiger partial charge is 0.417 e. The minimum absolute atomic E-state index is 0.0683. The van der Waals surface area contributed by atoms with E-state index in [1.807, 2.05) is 0 Å². The van der Waals surface area contributed by atoms with Crippen molar-refractivity contribution < 1.29 is 23.4 Å². The van der Waals surface area contributed by atoms with Crippen LogP contribution in [0.4, 0.5) is 13.2 Å². The van der Waals surface area contributed by atoms with Crippen molar-refractivity contribution in [1.29, 1.82) is 0 Å². The molecule has 0 bridgehead atoms. The van der Waals surface area contributed by atoms with Gasteiger partial charge in [-0.25, -0.2) is 0 Å². The summed E-state index contributed by atoms with van der Waals surface area (Å²) in [4.78, 5) is 0.0683. The molecule has 90 valence electrons. The van der Waals surface area contributed by atoms with E-state index in [1.165, 1.54) is 12.1 Å². The molecule has 6 heteroatoms. The van der Waals surface area contributed by atoms with Crippen LogP contribution in [0.1, 0.15) is 11.1 Å². The Hall–Kier alpha value is -0.720. The molecule has 0 atom stereocenters. The molecular weight excluding hydrogens is 241 g/mol. The second-order valence-corrected chi connectivity index (χ2v) is 4.20. The van der Waals surface area contributed by atoms with Gasteiger partial charge < -0.3 is 10.2 Å². The fourth-order valence-electron chi connectivity index (χ4n) is 1.18. The minimum Gasteiger partial charge on any atom is -0.396 e. The predicted octanol–water partition coefficient (Wildman–Crippen LogP) is 2.28. The molecule has 0 spiro atoms. The zero-order valence-electron chi connectivity index (χ0n) is 8.29.